The summed E-state index contributed by atoms with van der Waals surface area (Å²) in [6.45, 7) is 2.75. The molecule has 1 aromatic rings. The molecular formula is C10H16ClN3. The van der Waals surface area contributed by atoms with Crippen molar-refractivity contribution in [3.63, 3.8) is 0 Å². The molecule has 1 aliphatic rings. The molecule has 1 atom stereocenters. The van der Waals surface area contributed by atoms with Crippen LogP contribution in [0.25, 0.3) is 0 Å². The number of nitrogens with zero attached hydrogens (tertiary/aromatic N) is 2. The van der Waals surface area contributed by atoms with Crippen LogP contribution in [0.2, 0.25) is 5.28 Å². The second-order valence-corrected chi connectivity index (χ2v) is 4.24. The molecule has 2 heterocycles. The largest absolute Gasteiger partial charge is 0.330 e. The van der Waals surface area contributed by atoms with E-state index in [-0.39, 0.29) is 0 Å². The van der Waals surface area contributed by atoms with Crippen LogP contribution in [0.15, 0.2) is 0 Å². The summed E-state index contributed by atoms with van der Waals surface area (Å²) < 4.78 is 2.17. The number of fused-ring (bicyclic) bond motifs is 1. The zero-order valence-electron chi connectivity index (χ0n) is 8.46. The van der Waals surface area contributed by atoms with Gasteiger partial charge in [-0.3, -0.25) is 0 Å². The first-order valence-corrected chi connectivity index (χ1v) is 5.55. The second-order valence-electron chi connectivity index (χ2n) is 3.91. The average Bonchev–Trinajstić information content (AvgIpc) is 2.44. The molecule has 2 N–H and O–H groups in total. The van der Waals surface area contributed by atoms with Gasteiger partial charge in [-0.1, -0.05) is 0 Å². The van der Waals surface area contributed by atoms with E-state index < -0.39 is 0 Å². The van der Waals surface area contributed by atoms with Gasteiger partial charge in [0, 0.05) is 11.7 Å². The van der Waals surface area contributed by atoms with Gasteiger partial charge in [-0.2, -0.15) is 0 Å². The lowest BCUT2D eigenvalue weighted by Gasteiger charge is -2.26. The van der Waals surface area contributed by atoms with Crippen molar-refractivity contribution in [2.24, 2.45) is 5.73 Å². The Morgan fingerprint density at radius 1 is 1.64 bits per heavy atom. The maximum absolute atomic E-state index is 6.10. The standard InChI is InChI=1S/C10H16ClN3/c1-7-9-4-2-3-8(5-6-12)14(9)10(11)13-7/h8H,2-6,12H2,1H3. The molecule has 1 aliphatic heterocycles. The first kappa shape index (κ1) is 9.99. The number of aromatic nitrogens is 2. The van der Waals surface area contributed by atoms with Crippen molar-refractivity contribution in [1.29, 1.82) is 0 Å². The molecule has 0 spiro atoms. The van der Waals surface area contributed by atoms with Gasteiger partial charge < -0.3 is 10.3 Å². The maximum atomic E-state index is 6.10. The summed E-state index contributed by atoms with van der Waals surface area (Å²) in [5.41, 5.74) is 7.98. The summed E-state index contributed by atoms with van der Waals surface area (Å²) in [4.78, 5) is 4.31. The zero-order valence-corrected chi connectivity index (χ0v) is 9.22. The summed E-state index contributed by atoms with van der Waals surface area (Å²) >= 11 is 6.10. The third-order valence-corrected chi connectivity index (χ3v) is 3.25. The molecule has 1 aromatic heterocycles. The molecule has 2 rings (SSSR count). The molecule has 0 radical (unpaired) electrons. The van der Waals surface area contributed by atoms with Gasteiger partial charge in [-0.25, -0.2) is 4.98 Å². The molecule has 0 saturated heterocycles. The highest BCUT2D eigenvalue weighted by molar-refractivity contribution is 6.28. The number of hydrogen-bond donors (Lipinski definition) is 1. The van der Waals surface area contributed by atoms with Crippen molar-refractivity contribution in [3.05, 3.63) is 16.7 Å². The van der Waals surface area contributed by atoms with E-state index in [1.165, 1.54) is 18.5 Å². The minimum absolute atomic E-state index is 0.470. The van der Waals surface area contributed by atoms with Gasteiger partial charge in [-0.05, 0) is 50.8 Å². The number of aryl methyl sites for hydroxylation is 1. The fraction of sp³-hybridized carbons (Fsp3) is 0.700. The monoisotopic (exact) mass is 213 g/mol. The number of rotatable bonds is 2. The molecule has 3 nitrogen and oxygen atoms in total. The van der Waals surface area contributed by atoms with Crippen LogP contribution >= 0.6 is 11.6 Å². The van der Waals surface area contributed by atoms with Gasteiger partial charge in [0.2, 0.25) is 5.28 Å². The van der Waals surface area contributed by atoms with Gasteiger partial charge in [0.25, 0.3) is 0 Å². The summed E-state index contributed by atoms with van der Waals surface area (Å²) in [5, 5.41) is 0.635. The van der Waals surface area contributed by atoms with E-state index in [1.807, 2.05) is 6.92 Å². The lowest BCUT2D eigenvalue weighted by molar-refractivity contribution is 0.383. The van der Waals surface area contributed by atoms with Crippen LogP contribution in [0.3, 0.4) is 0 Å². The van der Waals surface area contributed by atoms with Crippen LogP contribution in [0, 0.1) is 6.92 Å². The van der Waals surface area contributed by atoms with Crippen LogP contribution in [-0.2, 0) is 6.42 Å². The third-order valence-electron chi connectivity index (χ3n) is 2.98. The highest BCUT2D eigenvalue weighted by atomic mass is 35.5. The molecule has 1 unspecified atom stereocenters. The molecule has 0 bridgehead atoms. The van der Waals surface area contributed by atoms with E-state index in [9.17, 15) is 0 Å². The molecule has 0 amide bonds. The number of nitrogens with two attached hydrogens (primary N) is 1. The summed E-state index contributed by atoms with van der Waals surface area (Å²) in [6, 6.07) is 0.470. The van der Waals surface area contributed by atoms with Crippen LogP contribution in [-0.4, -0.2) is 16.1 Å². The maximum Gasteiger partial charge on any atom is 0.203 e. The average molecular weight is 214 g/mol. The quantitative estimate of drug-likeness (QED) is 0.818. The Hall–Kier alpha value is -0.540. The van der Waals surface area contributed by atoms with Crippen molar-refractivity contribution in [2.45, 2.75) is 38.6 Å². The van der Waals surface area contributed by atoms with Crippen LogP contribution in [0.4, 0.5) is 0 Å². The van der Waals surface area contributed by atoms with Crippen LogP contribution in [0.1, 0.15) is 36.7 Å². The molecule has 0 fully saturated rings. The van der Waals surface area contributed by atoms with Gasteiger partial charge in [0.1, 0.15) is 0 Å². The molecule has 14 heavy (non-hydrogen) atoms. The zero-order chi connectivity index (χ0) is 10.1. The van der Waals surface area contributed by atoms with Crippen LogP contribution < -0.4 is 5.73 Å². The van der Waals surface area contributed by atoms with Crippen molar-refractivity contribution >= 4 is 11.6 Å². The molecule has 0 aromatic carbocycles. The molecule has 0 saturated carbocycles. The van der Waals surface area contributed by atoms with E-state index in [2.05, 4.69) is 9.55 Å². The number of halogens is 1. The lowest BCUT2D eigenvalue weighted by atomic mass is 9.99. The van der Waals surface area contributed by atoms with Crippen molar-refractivity contribution in [3.8, 4) is 0 Å². The van der Waals surface area contributed by atoms with Gasteiger partial charge in [-0.15, -0.1) is 0 Å². The smallest absolute Gasteiger partial charge is 0.203 e. The predicted molar refractivity (Wildman–Crippen MR) is 57.6 cm³/mol. The second kappa shape index (κ2) is 3.91. The minimum atomic E-state index is 0.470. The lowest BCUT2D eigenvalue weighted by Crippen LogP contribution is -2.20. The minimum Gasteiger partial charge on any atom is -0.330 e. The Morgan fingerprint density at radius 3 is 3.14 bits per heavy atom. The first-order chi connectivity index (χ1) is 6.74. The topological polar surface area (TPSA) is 43.8 Å². The molecule has 4 heteroatoms. The van der Waals surface area contributed by atoms with Crippen molar-refractivity contribution in [1.82, 2.24) is 9.55 Å². The molecule has 78 valence electrons. The Bertz CT molecular complexity index is 332. The number of hydrogen-bond acceptors (Lipinski definition) is 2. The van der Waals surface area contributed by atoms with E-state index in [4.69, 9.17) is 17.3 Å². The summed E-state index contributed by atoms with van der Waals surface area (Å²) in [7, 11) is 0. The van der Waals surface area contributed by atoms with Crippen molar-refractivity contribution < 1.29 is 0 Å². The van der Waals surface area contributed by atoms with E-state index >= 15 is 0 Å². The van der Waals surface area contributed by atoms with E-state index in [0.717, 1.165) is 25.1 Å². The van der Waals surface area contributed by atoms with Crippen molar-refractivity contribution in [2.75, 3.05) is 6.54 Å². The van der Waals surface area contributed by atoms with E-state index in [1.54, 1.807) is 0 Å². The fourth-order valence-corrected chi connectivity index (χ4v) is 2.68. The highest BCUT2D eigenvalue weighted by Gasteiger charge is 2.23. The Morgan fingerprint density at radius 2 is 2.43 bits per heavy atom. The first-order valence-electron chi connectivity index (χ1n) is 5.17. The highest BCUT2D eigenvalue weighted by Crippen LogP contribution is 2.32. The third kappa shape index (κ3) is 1.55. The van der Waals surface area contributed by atoms with Crippen LogP contribution in [0.5, 0.6) is 0 Å². The molecule has 0 aliphatic carbocycles. The van der Waals surface area contributed by atoms with Gasteiger partial charge in [0.15, 0.2) is 0 Å². The predicted octanol–water partition coefficient (Wildman–Crippen LogP) is 2.07. The fourth-order valence-electron chi connectivity index (χ4n) is 2.31. The van der Waals surface area contributed by atoms with Gasteiger partial charge in [0.05, 0.1) is 5.69 Å². The summed E-state index contributed by atoms with van der Waals surface area (Å²) in [5.74, 6) is 0. The Labute approximate surface area is 89.3 Å². The Balaban J connectivity index is 2.37. The van der Waals surface area contributed by atoms with E-state index in [0.29, 0.717) is 11.3 Å². The normalized spacial score (nSPS) is 20.9. The number of imidazole rings is 1. The molecular weight excluding hydrogens is 198 g/mol. The van der Waals surface area contributed by atoms with Gasteiger partial charge >= 0.3 is 0 Å². The summed E-state index contributed by atoms with van der Waals surface area (Å²) in [6.07, 6.45) is 4.52. The SMILES string of the molecule is Cc1nc(Cl)n2c1CCCC2CCN. The Kier molecular flexibility index (Phi) is 2.79.